The van der Waals surface area contributed by atoms with E-state index in [-0.39, 0.29) is 34.6 Å². The van der Waals surface area contributed by atoms with Crippen LogP contribution in [0.5, 0.6) is 23.0 Å². The zero-order valence-electron chi connectivity index (χ0n) is 19.5. The Morgan fingerprint density at radius 2 is 1.32 bits per heavy atom. The number of allylic oxidation sites excluding steroid dienone is 1. The molecule has 7 nitrogen and oxygen atoms in total. The molecule has 0 heterocycles. The molecule has 0 radical (unpaired) electrons. The summed E-state index contributed by atoms with van der Waals surface area (Å²) in [5.74, 6) is -0.171. The molecule has 3 aromatic carbocycles. The van der Waals surface area contributed by atoms with Crippen LogP contribution in [0.3, 0.4) is 0 Å². The van der Waals surface area contributed by atoms with Gasteiger partial charge in [-0.15, -0.1) is 0 Å². The number of methoxy groups -OCH3 is 4. The standard InChI is InChI=1S/C27H26O7/c1-31-20-12-10-18(11-13-20)25(28)21(14-17-8-6-5-7-9-17)24(27(29)30)19-15-22(32-2)26(34-4)23(16-19)33-3/h5-13,15-16H,14H2,1-4H3,(H,29,30)/b24-21-. The first kappa shape index (κ1) is 24.4. The van der Waals surface area contributed by atoms with Gasteiger partial charge in [-0.05, 0) is 47.5 Å². The van der Waals surface area contributed by atoms with Crippen LogP contribution in [0.1, 0.15) is 21.5 Å². The van der Waals surface area contributed by atoms with E-state index in [4.69, 9.17) is 18.9 Å². The van der Waals surface area contributed by atoms with E-state index < -0.39 is 11.8 Å². The lowest BCUT2D eigenvalue weighted by atomic mass is 9.89. The molecule has 0 amide bonds. The third kappa shape index (κ3) is 5.20. The Balaban J connectivity index is 2.27. The summed E-state index contributed by atoms with van der Waals surface area (Å²) in [7, 11) is 5.88. The lowest BCUT2D eigenvalue weighted by Gasteiger charge is -2.17. The topological polar surface area (TPSA) is 91.3 Å². The Kier molecular flexibility index (Phi) is 7.92. The van der Waals surface area contributed by atoms with E-state index in [9.17, 15) is 14.7 Å². The first-order valence-electron chi connectivity index (χ1n) is 10.4. The largest absolute Gasteiger partial charge is 0.497 e. The number of aliphatic carboxylic acids is 1. The van der Waals surface area contributed by atoms with E-state index in [1.165, 1.54) is 40.6 Å². The Morgan fingerprint density at radius 1 is 0.735 bits per heavy atom. The van der Waals surface area contributed by atoms with Crippen molar-refractivity contribution in [2.24, 2.45) is 0 Å². The highest BCUT2D eigenvalue weighted by Gasteiger charge is 2.26. The smallest absolute Gasteiger partial charge is 0.336 e. The molecule has 0 aliphatic heterocycles. The first-order valence-corrected chi connectivity index (χ1v) is 10.4. The second-order valence-electron chi connectivity index (χ2n) is 7.29. The van der Waals surface area contributed by atoms with Gasteiger partial charge in [-0.2, -0.15) is 0 Å². The van der Waals surface area contributed by atoms with Crippen molar-refractivity contribution >= 4 is 17.3 Å². The summed E-state index contributed by atoms with van der Waals surface area (Å²) in [6.45, 7) is 0. The molecule has 0 bridgehead atoms. The lowest BCUT2D eigenvalue weighted by Crippen LogP contribution is -2.14. The number of hydrogen-bond acceptors (Lipinski definition) is 6. The van der Waals surface area contributed by atoms with Gasteiger partial charge in [-0.25, -0.2) is 4.79 Å². The van der Waals surface area contributed by atoms with E-state index in [0.717, 1.165) is 5.56 Å². The normalized spacial score (nSPS) is 11.3. The van der Waals surface area contributed by atoms with Gasteiger partial charge >= 0.3 is 5.97 Å². The van der Waals surface area contributed by atoms with Crippen molar-refractivity contribution in [1.29, 1.82) is 0 Å². The van der Waals surface area contributed by atoms with Gasteiger partial charge in [0.25, 0.3) is 0 Å². The summed E-state index contributed by atoms with van der Waals surface area (Å²) in [5.41, 5.74) is 1.38. The molecule has 3 rings (SSSR count). The van der Waals surface area contributed by atoms with Crippen LogP contribution in [0, 0.1) is 0 Å². The van der Waals surface area contributed by atoms with Gasteiger partial charge in [0.15, 0.2) is 17.3 Å². The number of rotatable bonds is 10. The monoisotopic (exact) mass is 462 g/mol. The molecule has 0 aliphatic rings. The second-order valence-corrected chi connectivity index (χ2v) is 7.29. The fourth-order valence-electron chi connectivity index (χ4n) is 3.65. The Labute approximate surface area is 198 Å². The Morgan fingerprint density at radius 3 is 1.79 bits per heavy atom. The number of Topliss-reactive ketones (excluding diaryl/α,β-unsaturated/α-hetero) is 1. The van der Waals surface area contributed by atoms with Crippen molar-refractivity contribution in [3.63, 3.8) is 0 Å². The second kappa shape index (κ2) is 11.0. The first-order chi connectivity index (χ1) is 16.4. The van der Waals surface area contributed by atoms with Crippen LogP contribution in [-0.2, 0) is 11.2 Å². The molecule has 0 saturated carbocycles. The number of hydrogen-bond donors (Lipinski definition) is 1. The number of ether oxygens (including phenoxy) is 4. The lowest BCUT2D eigenvalue weighted by molar-refractivity contribution is -0.130. The average Bonchev–Trinajstić information content (AvgIpc) is 2.87. The van der Waals surface area contributed by atoms with Gasteiger partial charge < -0.3 is 24.1 Å². The third-order valence-corrected chi connectivity index (χ3v) is 5.32. The molecule has 0 atom stereocenters. The van der Waals surface area contributed by atoms with Gasteiger partial charge in [-0.1, -0.05) is 30.3 Å². The summed E-state index contributed by atoms with van der Waals surface area (Å²) < 4.78 is 21.3. The highest BCUT2D eigenvalue weighted by atomic mass is 16.5. The molecule has 0 aliphatic carbocycles. The number of benzene rings is 3. The molecule has 0 saturated heterocycles. The SMILES string of the molecule is COc1ccc(C(=O)/C(Cc2ccccc2)=C(\C(=O)O)c2cc(OC)c(OC)c(OC)c2)cc1. The summed E-state index contributed by atoms with van der Waals surface area (Å²) in [6, 6.07) is 18.8. The van der Waals surface area contributed by atoms with Crippen LogP contribution >= 0.6 is 0 Å². The molecule has 0 aromatic heterocycles. The van der Waals surface area contributed by atoms with Crippen LogP contribution in [0.4, 0.5) is 0 Å². The molecule has 0 unspecified atom stereocenters. The molecule has 176 valence electrons. The predicted molar refractivity (Wildman–Crippen MR) is 128 cm³/mol. The molecule has 1 N–H and O–H groups in total. The maximum atomic E-state index is 13.7. The van der Waals surface area contributed by atoms with Crippen molar-refractivity contribution < 1.29 is 33.6 Å². The Hall–Kier alpha value is -4.26. The molecule has 7 heteroatoms. The number of carbonyl (C=O) groups is 2. The maximum absolute atomic E-state index is 13.7. The fraction of sp³-hybridized carbons (Fsp3) is 0.185. The summed E-state index contributed by atoms with van der Waals surface area (Å²) >= 11 is 0. The number of carboxylic acid groups (broad SMARTS) is 1. The summed E-state index contributed by atoms with van der Waals surface area (Å²) in [5, 5.41) is 10.3. The van der Waals surface area contributed by atoms with Gasteiger partial charge in [0.05, 0.1) is 34.0 Å². The zero-order chi connectivity index (χ0) is 24.7. The number of carboxylic acids is 1. The maximum Gasteiger partial charge on any atom is 0.336 e. The summed E-state index contributed by atoms with van der Waals surface area (Å²) in [6.07, 6.45) is 0.115. The van der Waals surface area contributed by atoms with Gasteiger partial charge in [0, 0.05) is 17.6 Å². The van der Waals surface area contributed by atoms with Crippen molar-refractivity contribution in [3.05, 3.63) is 89.0 Å². The van der Waals surface area contributed by atoms with E-state index in [1.807, 2.05) is 30.3 Å². The zero-order valence-corrected chi connectivity index (χ0v) is 19.5. The van der Waals surface area contributed by atoms with Crippen LogP contribution in [0.25, 0.3) is 5.57 Å². The minimum absolute atomic E-state index is 0.115. The van der Waals surface area contributed by atoms with E-state index in [1.54, 1.807) is 24.3 Å². The van der Waals surface area contributed by atoms with Crippen LogP contribution in [0.2, 0.25) is 0 Å². The average molecular weight is 462 g/mol. The quantitative estimate of drug-likeness (QED) is 0.345. The minimum Gasteiger partial charge on any atom is -0.497 e. The van der Waals surface area contributed by atoms with Crippen LogP contribution in [0.15, 0.2) is 72.3 Å². The van der Waals surface area contributed by atoms with Crippen LogP contribution < -0.4 is 18.9 Å². The van der Waals surface area contributed by atoms with Crippen LogP contribution in [-0.4, -0.2) is 45.3 Å². The Bertz CT molecular complexity index is 1170. The van der Waals surface area contributed by atoms with Crippen molar-refractivity contribution in [3.8, 4) is 23.0 Å². The highest BCUT2D eigenvalue weighted by Crippen LogP contribution is 2.41. The van der Waals surface area contributed by atoms with E-state index in [0.29, 0.717) is 17.1 Å². The molecular weight excluding hydrogens is 436 g/mol. The minimum atomic E-state index is -1.25. The highest BCUT2D eigenvalue weighted by molar-refractivity contribution is 6.26. The predicted octanol–water partition coefficient (Wildman–Crippen LogP) is 4.68. The molecular formula is C27H26O7. The van der Waals surface area contributed by atoms with E-state index >= 15 is 0 Å². The molecule has 3 aromatic rings. The molecule has 0 fully saturated rings. The van der Waals surface area contributed by atoms with E-state index in [2.05, 4.69) is 0 Å². The third-order valence-electron chi connectivity index (χ3n) is 5.32. The summed E-state index contributed by atoms with van der Waals surface area (Å²) in [4.78, 5) is 26.2. The fourth-order valence-corrected chi connectivity index (χ4v) is 3.65. The van der Waals surface area contributed by atoms with Crippen molar-refractivity contribution in [1.82, 2.24) is 0 Å². The molecule has 0 spiro atoms. The van der Waals surface area contributed by atoms with Crippen molar-refractivity contribution in [2.75, 3.05) is 28.4 Å². The number of ketones is 1. The molecule has 34 heavy (non-hydrogen) atoms. The van der Waals surface area contributed by atoms with Gasteiger partial charge in [0.2, 0.25) is 5.75 Å². The van der Waals surface area contributed by atoms with Gasteiger partial charge in [-0.3, -0.25) is 4.79 Å². The van der Waals surface area contributed by atoms with Crippen molar-refractivity contribution in [2.45, 2.75) is 6.42 Å². The van der Waals surface area contributed by atoms with Gasteiger partial charge in [0.1, 0.15) is 5.75 Å². The number of carbonyl (C=O) groups excluding carboxylic acids is 1.